The van der Waals surface area contributed by atoms with E-state index >= 15 is 4.57 Å². The summed E-state index contributed by atoms with van der Waals surface area (Å²) < 4.78 is 16.3. The third-order valence-corrected chi connectivity index (χ3v) is 19.2. The first-order valence-corrected chi connectivity index (χ1v) is 19.5. The Morgan fingerprint density at radius 2 is 1.18 bits per heavy atom. The van der Waals surface area contributed by atoms with Gasteiger partial charge in [-0.1, -0.05) is 99.6 Å². The third-order valence-electron chi connectivity index (χ3n) is 10.1. The van der Waals surface area contributed by atoms with Crippen molar-refractivity contribution in [2.75, 3.05) is 0 Å². The van der Waals surface area contributed by atoms with Gasteiger partial charge >= 0.3 is 0 Å². The van der Waals surface area contributed by atoms with Crippen molar-refractivity contribution in [2.45, 2.75) is 126 Å². The van der Waals surface area contributed by atoms with E-state index in [1.165, 1.54) is 86.8 Å². The van der Waals surface area contributed by atoms with E-state index in [9.17, 15) is 0 Å². The highest BCUT2D eigenvalue weighted by molar-refractivity contribution is 8.07. The molecule has 203 valence electrons. The number of rotatable bonds is 8. The fourth-order valence-corrected chi connectivity index (χ4v) is 18.3. The molecule has 38 heavy (non-hydrogen) atoms. The molecule has 0 aromatic heterocycles. The molecule has 3 aliphatic rings. The van der Waals surface area contributed by atoms with Crippen molar-refractivity contribution in [3.63, 3.8) is 0 Å². The summed E-state index contributed by atoms with van der Waals surface area (Å²) in [5.74, 6) is 0. The second-order valence-electron chi connectivity index (χ2n) is 12.3. The van der Waals surface area contributed by atoms with Gasteiger partial charge in [0.15, 0.2) is 0 Å². The van der Waals surface area contributed by atoms with Crippen LogP contribution in [0.15, 0.2) is 72.1 Å². The Labute approximate surface area is 234 Å². The van der Waals surface area contributed by atoms with Gasteiger partial charge in [-0.15, -0.1) is 0 Å². The second kappa shape index (κ2) is 13.0. The van der Waals surface area contributed by atoms with Gasteiger partial charge in [-0.25, -0.2) is 0 Å². The molecule has 0 heterocycles. The first-order chi connectivity index (χ1) is 18.6. The van der Waals surface area contributed by atoms with Gasteiger partial charge in [0.2, 0.25) is 0 Å². The van der Waals surface area contributed by atoms with Gasteiger partial charge in [0.1, 0.15) is 7.14 Å². The minimum Gasteiger partial charge on any atom is -0.322 e. The Bertz CT molecular complexity index is 1060. The summed E-state index contributed by atoms with van der Waals surface area (Å²) in [5.41, 5.74) is 2.40. The molecule has 0 aliphatic heterocycles. The molecule has 2 atom stereocenters. The van der Waals surface area contributed by atoms with E-state index in [0.29, 0.717) is 17.0 Å². The lowest BCUT2D eigenvalue weighted by molar-refractivity contribution is 0.443. The van der Waals surface area contributed by atoms with Crippen LogP contribution in [0.5, 0.6) is 0 Å². The lowest BCUT2D eigenvalue weighted by atomic mass is 9.99. The molecule has 3 aliphatic carbocycles. The van der Waals surface area contributed by atoms with Crippen LogP contribution in [0.25, 0.3) is 0 Å². The molecular formula is C34H48BOP2. The molecule has 1 unspecified atom stereocenters. The van der Waals surface area contributed by atoms with Crippen molar-refractivity contribution >= 4 is 27.2 Å². The molecule has 0 saturated heterocycles. The molecule has 0 amide bonds. The highest BCUT2D eigenvalue weighted by Gasteiger charge is 2.52. The van der Waals surface area contributed by atoms with Crippen LogP contribution in [0.4, 0.5) is 0 Å². The van der Waals surface area contributed by atoms with Crippen LogP contribution >= 0.6 is 14.3 Å². The summed E-state index contributed by atoms with van der Waals surface area (Å²) in [6.07, 6.45) is 20.7. The highest BCUT2D eigenvalue weighted by Crippen LogP contribution is 2.81. The Kier molecular flexibility index (Phi) is 9.76. The summed E-state index contributed by atoms with van der Waals surface area (Å²) in [6, 6.07) is 22.1. The van der Waals surface area contributed by atoms with E-state index in [4.69, 9.17) is 7.57 Å². The van der Waals surface area contributed by atoms with Gasteiger partial charge in [-0.2, -0.15) is 7.14 Å². The lowest BCUT2D eigenvalue weighted by Gasteiger charge is -2.52. The van der Waals surface area contributed by atoms with Crippen molar-refractivity contribution in [3.05, 3.63) is 77.6 Å². The Morgan fingerprint density at radius 3 is 1.66 bits per heavy atom. The standard InChI is InChI=1S/C34H48BOP2/c1-2-33(37(35,29-20-10-4-11-21-29)30-22-12-5-13-23-30)34(28-18-8-3-9-19-28)38(36,31-24-14-6-15-25-31)32-26-16-7-17-27-32/h2-4,8-11,18-21,30-32,34H,5-7,12-17,22-27H2,1H3/b33-2+/t34-,37?/m0/s1. The van der Waals surface area contributed by atoms with Gasteiger partial charge in [0.05, 0.1) is 5.66 Å². The minimum absolute atomic E-state index is 0.0413. The van der Waals surface area contributed by atoms with Crippen molar-refractivity contribution < 1.29 is 4.57 Å². The van der Waals surface area contributed by atoms with Crippen LogP contribution in [0.2, 0.25) is 0 Å². The Balaban J connectivity index is 1.72. The van der Waals surface area contributed by atoms with Gasteiger partial charge in [0.25, 0.3) is 0 Å². The number of allylic oxidation sites excluding steroid dienone is 2. The van der Waals surface area contributed by atoms with Crippen molar-refractivity contribution in [2.24, 2.45) is 0 Å². The van der Waals surface area contributed by atoms with Gasteiger partial charge in [-0.3, -0.25) is 7.57 Å². The third kappa shape index (κ3) is 5.57. The summed E-state index contributed by atoms with van der Waals surface area (Å²) in [4.78, 5) is 0. The largest absolute Gasteiger partial charge is 0.322 e. The van der Waals surface area contributed by atoms with Crippen molar-refractivity contribution in [1.29, 1.82) is 0 Å². The van der Waals surface area contributed by atoms with Gasteiger partial charge in [-0.05, 0) is 76.0 Å². The molecule has 3 saturated carbocycles. The van der Waals surface area contributed by atoms with E-state index in [2.05, 4.69) is 73.7 Å². The van der Waals surface area contributed by atoms with Crippen molar-refractivity contribution in [3.8, 4) is 0 Å². The second-order valence-corrected chi connectivity index (χ2v) is 19.1. The molecule has 1 nitrogen and oxygen atoms in total. The zero-order chi connectivity index (χ0) is 26.4. The zero-order valence-corrected chi connectivity index (χ0v) is 25.4. The molecule has 3 fully saturated rings. The molecule has 2 aromatic rings. The topological polar surface area (TPSA) is 17.1 Å². The first kappa shape index (κ1) is 28.4. The normalized spacial score (nSPS) is 23.6. The Morgan fingerprint density at radius 1 is 0.737 bits per heavy atom. The Hall–Kier alpha value is -1.10. The molecule has 4 heteroatoms. The fraction of sp³-hybridized carbons (Fsp3) is 0.588. The predicted molar refractivity (Wildman–Crippen MR) is 170 cm³/mol. The van der Waals surface area contributed by atoms with Crippen LogP contribution in [0, 0.1) is 0 Å². The average Bonchev–Trinajstić information content (AvgIpc) is 3.01. The molecule has 5 rings (SSSR count). The summed E-state index contributed by atoms with van der Waals surface area (Å²) in [7, 11) is 3.06. The number of hydrogen-bond acceptors (Lipinski definition) is 1. The maximum Gasteiger partial charge on any atom is 0.108 e. The number of benzene rings is 2. The molecule has 2 aromatic carbocycles. The van der Waals surface area contributed by atoms with Crippen LogP contribution in [0.1, 0.15) is 114 Å². The molecular weight excluding hydrogens is 497 g/mol. The van der Waals surface area contributed by atoms with Gasteiger partial charge < -0.3 is 4.57 Å². The maximum atomic E-state index is 16.3. The average molecular weight is 546 g/mol. The maximum absolute atomic E-state index is 16.3. The van der Waals surface area contributed by atoms with Gasteiger partial charge in [0, 0.05) is 27.6 Å². The molecule has 0 spiro atoms. The van der Waals surface area contributed by atoms with Crippen LogP contribution in [-0.4, -0.2) is 24.5 Å². The zero-order valence-electron chi connectivity index (χ0n) is 23.6. The monoisotopic (exact) mass is 545 g/mol. The highest BCUT2D eigenvalue weighted by atomic mass is 31.2. The smallest absolute Gasteiger partial charge is 0.108 e. The van der Waals surface area contributed by atoms with E-state index in [-0.39, 0.29) is 5.66 Å². The molecule has 0 N–H and O–H groups in total. The van der Waals surface area contributed by atoms with E-state index < -0.39 is 14.3 Å². The van der Waals surface area contributed by atoms with E-state index in [1.54, 1.807) is 0 Å². The molecule has 0 bridgehead atoms. The lowest BCUT2D eigenvalue weighted by Crippen LogP contribution is -2.32. The SMILES string of the molecule is [B-][P+](/C(=C/C)[C@H](c1ccccc1)P(=O)(C1CCCCC1)C1CCCCC1)(c1ccccc1)C1CCCCC1. The summed E-state index contributed by atoms with van der Waals surface area (Å²) in [6.45, 7) is 2.21. The predicted octanol–water partition coefficient (Wildman–Crippen LogP) is 10.4. The minimum atomic E-state index is -2.66. The summed E-state index contributed by atoms with van der Waals surface area (Å²) in [5, 5.41) is 2.68. The quantitative estimate of drug-likeness (QED) is 0.238. The van der Waals surface area contributed by atoms with E-state index in [0.717, 1.165) is 25.7 Å². The van der Waals surface area contributed by atoms with Crippen molar-refractivity contribution in [1.82, 2.24) is 0 Å². The fourth-order valence-electron chi connectivity index (χ4n) is 8.24. The number of hydrogen-bond donors (Lipinski definition) is 0. The first-order valence-electron chi connectivity index (χ1n) is 15.6. The molecule has 3 radical (unpaired) electrons. The van der Waals surface area contributed by atoms with Crippen LogP contribution in [-0.2, 0) is 4.57 Å². The van der Waals surface area contributed by atoms with Crippen LogP contribution in [0.3, 0.4) is 0 Å². The summed E-state index contributed by atoms with van der Waals surface area (Å²) >= 11 is 0. The van der Waals surface area contributed by atoms with Crippen LogP contribution < -0.4 is 5.30 Å². The van der Waals surface area contributed by atoms with E-state index in [1.807, 2.05) is 0 Å².